The number of aliphatic hydroxyl groups excluding tert-OH is 1. The van der Waals surface area contributed by atoms with E-state index < -0.39 is 11.0 Å². The number of fused-ring (bicyclic) bond motifs is 1. The number of alkyl halides is 1. The van der Waals surface area contributed by atoms with Gasteiger partial charge in [-0.1, -0.05) is 42.5 Å². The Bertz CT molecular complexity index is 868. The largest absolute Gasteiger partial charge is 0.387 e. The fraction of sp³-hybridized carbons (Fsp3) is 0.118. The van der Waals surface area contributed by atoms with Gasteiger partial charge in [-0.25, -0.2) is 4.98 Å². The van der Waals surface area contributed by atoms with Crippen molar-refractivity contribution in [2.45, 2.75) is 6.10 Å². The molecule has 1 atom stereocenters. The Balaban J connectivity index is 2.35. The number of hydrogen-bond acceptors (Lipinski definition) is 4. The number of aliphatic hydroxyl groups is 1. The first-order chi connectivity index (χ1) is 11.1. The van der Waals surface area contributed by atoms with Crippen molar-refractivity contribution in [2.24, 2.45) is 0 Å². The average Bonchev–Trinajstić information content (AvgIpc) is 2.60. The second-order valence-electron chi connectivity index (χ2n) is 5.06. The Morgan fingerprint density at radius 2 is 1.91 bits per heavy atom. The normalized spacial score (nSPS) is 12.3. The van der Waals surface area contributed by atoms with Gasteiger partial charge >= 0.3 is 0 Å². The van der Waals surface area contributed by atoms with Crippen molar-refractivity contribution in [1.29, 1.82) is 0 Å². The second kappa shape index (κ2) is 6.32. The van der Waals surface area contributed by atoms with E-state index in [1.807, 2.05) is 30.3 Å². The van der Waals surface area contributed by atoms with Crippen LogP contribution in [0.3, 0.4) is 0 Å². The van der Waals surface area contributed by atoms with Gasteiger partial charge in [0.1, 0.15) is 5.52 Å². The Hall–Kier alpha value is -2.50. The summed E-state index contributed by atoms with van der Waals surface area (Å²) in [6.07, 6.45) is -0.924. The molecule has 1 heterocycles. The highest BCUT2D eigenvalue weighted by Gasteiger charge is 2.20. The molecule has 116 valence electrons. The van der Waals surface area contributed by atoms with Crippen molar-refractivity contribution in [3.05, 3.63) is 70.3 Å². The summed E-state index contributed by atoms with van der Waals surface area (Å²) < 4.78 is 0. The van der Waals surface area contributed by atoms with Crippen LogP contribution in [0.4, 0.5) is 5.69 Å². The third-order valence-corrected chi connectivity index (χ3v) is 3.91. The highest BCUT2D eigenvalue weighted by Crippen LogP contribution is 2.33. The third-order valence-electron chi connectivity index (χ3n) is 3.62. The van der Waals surface area contributed by atoms with Gasteiger partial charge in [0.05, 0.1) is 22.6 Å². The molecule has 1 aromatic heterocycles. The fourth-order valence-electron chi connectivity index (χ4n) is 2.52. The molecule has 0 spiro atoms. The lowest BCUT2D eigenvalue weighted by atomic mass is 10.0. The maximum absolute atomic E-state index is 11.3. The van der Waals surface area contributed by atoms with Crippen molar-refractivity contribution in [2.75, 3.05) is 5.88 Å². The Kier molecular flexibility index (Phi) is 4.23. The number of nitrogens with zero attached hydrogens (tertiary/aromatic N) is 2. The smallest absolute Gasteiger partial charge is 0.295 e. The van der Waals surface area contributed by atoms with Crippen LogP contribution >= 0.6 is 11.6 Å². The zero-order chi connectivity index (χ0) is 16.4. The van der Waals surface area contributed by atoms with Crippen molar-refractivity contribution in [3.63, 3.8) is 0 Å². The molecule has 1 N–H and O–H groups in total. The van der Waals surface area contributed by atoms with Crippen LogP contribution in [0, 0.1) is 10.1 Å². The van der Waals surface area contributed by atoms with E-state index in [1.165, 1.54) is 6.07 Å². The summed E-state index contributed by atoms with van der Waals surface area (Å²) in [5, 5.41) is 22.0. The van der Waals surface area contributed by atoms with Crippen LogP contribution in [-0.2, 0) is 0 Å². The maximum Gasteiger partial charge on any atom is 0.295 e. The standard InChI is InChI=1S/C17H13ClN2O3/c18-10-16(21)13-9-14(11-5-2-1-3-6-11)19-17-12(13)7-4-8-15(17)20(22)23/h1-9,16,21H,10H2. The van der Waals surface area contributed by atoms with E-state index in [-0.39, 0.29) is 17.1 Å². The van der Waals surface area contributed by atoms with E-state index in [4.69, 9.17) is 11.6 Å². The molecule has 0 saturated heterocycles. The maximum atomic E-state index is 11.3. The Labute approximate surface area is 137 Å². The summed E-state index contributed by atoms with van der Waals surface area (Å²) in [7, 11) is 0. The van der Waals surface area contributed by atoms with Gasteiger partial charge in [0, 0.05) is 17.0 Å². The number of non-ortho nitro benzene ring substituents is 1. The van der Waals surface area contributed by atoms with E-state index in [2.05, 4.69) is 4.98 Å². The summed E-state index contributed by atoms with van der Waals surface area (Å²) >= 11 is 5.78. The molecule has 6 heteroatoms. The number of benzene rings is 2. The molecule has 23 heavy (non-hydrogen) atoms. The van der Waals surface area contributed by atoms with Crippen LogP contribution in [0.1, 0.15) is 11.7 Å². The van der Waals surface area contributed by atoms with Crippen molar-refractivity contribution >= 4 is 28.2 Å². The number of rotatable bonds is 4. The monoisotopic (exact) mass is 328 g/mol. The van der Waals surface area contributed by atoms with E-state index in [0.717, 1.165) is 5.56 Å². The molecule has 0 radical (unpaired) electrons. The number of hydrogen-bond donors (Lipinski definition) is 1. The lowest BCUT2D eigenvalue weighted by Gasteiger charge is -2.13. The van der Waals surface area contributed by atoms with Crippen molar-refractivity contribution in [3.8, 4) is 11.3 Å². The summed E-state index contributed by atoms with van der Waals surface area (Å²) in [6.45, 7) is 0. The average molecular weight is 329 g/mol. The fourth-order valence-corrected chi connectivity index (χ4v) is 2.69. The minimum absolute atomic E-state index is 0.00393. The van der Waals surface area contributed by atoms with Crippen LogP contribution < -0.4 is 0 Å². The zero-order valence-corrected chi connectivity index (χ0v) is 12.8. The SMILES string of the molecule is O=[N+]([O-])c1cccc2c(C(O)CCl)cc(-c3ccccc3)nc12. The predicted molar refractivity (Wildman–Crippen MR) is 89.5 cm³/mol. The van der Waals surface area contributed by atoms with Crippen LogP contribution in [0.25, 0.3) is 22.2 Å². The van der Waals surface area contributed by atoms with Crippen LogP contribution in [0.5, 0.6) is 0 Å². The first-order valence-corrected chi connectivity index (χ1v) is 7.52. The third kappa shape index (κ3) is 2.88. The summed E-state index contributed by atoms with van der Waals surface area (Å²) in [5.41, 5.74) is 2.07. The van der Waals surface area contributed by atoms with E-state index in [1.54, 1.807) is 18.2 Å². The molecule has 3 aromatic rings. The molecule has 0 aliphatic rings. The van der Waals surface area contributed by atoms with Gasteiger partial charge in [0.2, 0.25) is 0 Å². The van der Waals surface area contributed by atoms with Crippen LogP contribution in [0.2, 0.25) is 0 Å². The second-order valence-corrected chi connectivity index (χ2v) is 5.37. The van der Waals surface area contributed by atoms with Gasteiger partial charge in [-0.15, -0.1) is 11.6 Å². The summed E-state index contributed by atoms with van der Waals surface area (Å²) in [5.74, 6) is -0.00393. The molecular weight excluding hydrogens is 316 g/mol. The molecule has 0 aliphatic carbocycles. The van der Waals surface area contributed by atoms with Gasteiger partial charge in [-0.2, -0.15) is 0 Å². The van der Waals surface area contributed by atoms with Gasteiger partial charge < -0.3 is 5.11 Å². The summed E-state index contributed by atoms with van der Waals surface area (Å²) in [6, 6.07) is 15.7. The minimum Gasteiger partial charge on any atom is -0.387 e. The van der Waals surface area contributed by atoms with Crippen LogP contribution in [-0.4, -0.2) is 20.9 Å². The highest BCUT2D eigenvalue weighted by molar-refractivity contribution is 6.18. The van der Waals surface area contributed by atoms with E-state index in [9.17, 15) is 15.2 Å². The molecule has 0 fully saturated rings. The molecule has 0 amide bonds. The minimum atomic E-state index is -0.924. The number of aromatic nitrogens is 1. The van der Waals surface area contributed by atoms with Gasteiger partial charge in [0.25, 0.3) is 5.69 Å². The molecule has 1 unspecified atom stereocenters. The van der Waals surface area contributed by atoms with Gasteiger partial charge in [-0.05, 0) is 11.6 Å². The number of halogens is 1. The van der Waals surface area contributed by atoms with Crippen molar-refractivity contribution in [1.82, 2.24) is 4.98 Å². The number of para-hydroxylation sites is 1. The first kappa shape index (κ1) is 15.4. The molecule has 0 aliphatic heterocycles. The van der Waals surface area contributed by atoms with E-state index >= 15 is 0 Å². The van der Waals surface area contributed by atoms with E-state index in [0.29, 0.717) is 16.6 Å². The first-order valence-electron chi connectivity index (χ1n) is 6.99. The Morgan fingerprint density at radius 1 is 1.17 bits per heavy atom. The van der Waals surface area contributed by atoms with Crippen molar-refractivity contribution < 1.29 is 10.0 Å². The van der Waals surface area contributed by atoms with Crippen LogP contribution in [0.15, 0.2) is 54.6 Å². The number of nitro benzene ring substituents is 1. The molecule has 5 nitrogen and oxygen atoms in total. The number of pyridine rings is 1. The number of nitro groups is 1. The van der Waals surface area contributed by atoms with Gasteiger partial charge in [-0.3, -0.25) is 10.1 Å². The van der Waals surface area contributed by atoms with Gasteiger partial charge in [0.15, 0.2) is 0 Å². The molecular formula is C17H13ClN2O3. The molecule has 0 saturated carbocycles. The molecule has 3 rings (SSSR count). The summed E-state index contributed by atoms with van der Waals surface area (Å²) in [4.78, 5) is 15.3. The molecule has 2 aromatic carbocycles. The topological polar surface area (TPSA) is 76.3 Å². The lowest BCUT2D eigenvalue weighted by Crippen LogP contribution is -2.03. The highest BCUT2D eigenvalue weighted by atomic mass is 35.5. The predicted octanol–water partition coefficient (Wildman–Crippen LogP) is 4.08. The zero-order valence-electron chi connectivity index (χ0n) is 12.0. The molecule has 0 bridgehead atoms. The Morgan fingerprint density at radius 3 is 2.57 bits per heavy atom. The quantitative estimate of drug-likeness (QED) is 0.444. The lowest BCUT2D eigenvalue weighted by molar-refractivity contribution is -0.383.